The number of thiazole rings is 1. The van der Waals surface area contributed by atoms with E-state index in [2.05, 4.69) is 41.5 Å². The smallest absolute Gasteiger partial charge is 0.270 e. The molecule has 1 aromatic heterocycles. The minimum Gasteiger partial charge on any atom is -0.384 e. The summed E-state index contributed by atoms with van der Waals surface area (Å²) in [5, 5.41) is 16.9. The van der Waals surface area contributed by atoms with Crippen LogP contribution in [0.25, 0.3) is 10.6 Å². The maximum absolute atomic E-state index is 11.1. The Morgan fingerprint density at radius 3 is 2.69 bits per heavy atom. The number of benzene rings is 2. The van der Waals surface area contributed by atoms with Crippen LogP contribution in [0.5, 0.6) is 0 Å². The molecular formula is C19H17N3O3S. The fourth-order valence-electron chi connectivity index (χ4n) is 2.50. The molecule has 26 heavy (non-hydrogen) atoms. The van der Waals surface area contributed by atoms with Gasteiger partial charge in [0.05, 0.1) is 10.6 Å². The largest absolute Gasteiger partial charge is 0.384 e. The van der Waals surface area contributed by atoms with Crippen LogP contribution in [0.15, 0.2) is 47.8 Å². The van der Waals surface area contributed by atoms with Gasteiger partial charge in [-0.05, 0) is 13.0 Å². The first kappa shape index (κ1) is 17.8. The molecule has 3 rings (SSSR count). The normalized spacial score (nSPS) is 10.5. The second-order valence-corrected chi connectivity index (χ2v) is 6.69. The number of rotatable bonds is 7. The highest BCUT2D eigenvalue weighted by Gasteiger charge is 2.10. The van der Waals surface area contributed by atoms with Crippen molar-refractivity contribution >= 4 is 29.0 Å². The number of hydrogen-bond donors (Lipinski definition) is 1. The summed E-state index contributed by atoms with van der Waals surface area (Å²) in [6.45, 7) is 2.63. The number of non-ortho nitro benzene ring substituents is 1. The Labute approximate surface area is 154 Å². The summed E-state index contributed by atoms with van der Waals surface area (Å²) < 4.78 is 0. The lowest BCUT2D eigenvalue weighted by Gasteiger charge is -2.07. The van der Waals surface area contributed by atoms with Gasteiger partial charge in [0.1, 0.15) is 5.01 Å². The molecule has 0 spiro atoms. The number of nitrogens with zero attached hydrogens (tertiary/aromatic N) is 2. The molecular weight excluding hydrogens is 350 g/mol. The molecule has 0 saturated carbocycles. The highest BCUT2D eigenvalue weighted by Crippen LogP contribution is 2.24. The monoisotopic (exact) mass is 367 g/mol. The van der Waals surface area contributed by atoms with Gasteiger partial charge >= 0.3 is 0 Å². The zero-order chi connectivity index (χ0) is 18.5. The third-order valence-electron chi connectivity index (χ3n) is 3.92. The van der Waals surface area contributed by atoms with E-state index >= 15 is 0 Å². The first-order chi connectivity index (χ1) is 12.6. The van der Waals surface area contributed by atoms with Crippen LogP contribution in [0.4, 0.5) is 11.4 Å². The van der Waals surface area contributed by atoms with Gasteiger partial charge in [-0.15, -0.1) is 11.3 Å². The lowest BCUT2D eigenvalue weighted by atomic mass is 10.1. The molecule has 0 bridgehead atoms. The summed E-state index contributed by atoms with van der Waals surface area (Å²) in [6.07, 6.45) is 1.31. The van der Waals surface area contributed by atoms with Gasteiger partial charge in [-0.25, -0.2) is 4.98 Å². The topological polar surface area (TPSA) is 85.1 Å². The van der Waals surface area contributed by atoms with E-state index in [0.29, 0.717) is 24.9 Å². The van der Waals surface area contributed by atoms with Crippen LogP contribution in [0, 0.1) is 17.0 Å². The number of carbonyl (C=O) groups is 1. The zero-order valence-electron chi connectivity index (χ0n) is 14.1. The number of aldehydes is 1. The van der Waals surface area contributed by atoms with Crippen molar-refractivity contribution in [1.29, 1.82) is 0 Å². The van der Waals surface area contributed by atoms with Gasteiger partial charge < -0.3 is 5.32 Å². The maximum atomic E-state index is 11.1. The van der Waals surface area contributed by atoms with E-state index < -0.39 is 4.92 Å². The first-order valence-electron chi connectivity index (χ1n) is 8.06. The van der Waals surface area contributed by atoms with E-state index in [0.717, 1.165) is 16.3 Å². The van der Waals surface area contributed by atoms with Gasteiger partial charge in [-0.2, -0.15) is 0 Å². The van der Waals surface area contributed by atoms with Gasteiger partial charge in [-0.3, -0.25) is 14.9 Å². The molecule has 0 unspecified atom stereocenters. The second kappa shape index (κ2) is 7.88. The van der Waals surface area contributed by atoms with Crippen molar-refractivity contribution in [2.75, 3.05) is 11.9 Å². The highest BCUT2D eigenvalue weighted by molar-refractivity contribution is 7.13. The average Bonchev–Trinajstić information content (AvgIpc) is 3.11. The quantitative estimate of drug-likeness (QED) is 0.378. The number of aromatic nitrogens is 1. The summed E-state index contributed by atoms with van der Waals surface area (Å²) in [5.41, 5.74) is 4.03. The van der Waals surface area contributed by atoms with Crippen molar-refractivity contribution in [1.82, 2.24) is 4.98 Å². The van der Waals surface area contributed by atoms with Crippen LogP contribution in [0.2, 0.25) is 0 Å². The lowest BCUT2D eigenvalue weighted by molar-refractivity contribution is -0.384. The summed E-state index contributed by atoms with van der Waals surface area (Å²) in [6, 6.07) is 12.5. The van der Waals surface area contributed by atoms with Crippen LogP contribution < -0.4 is 5.32 Å². The highest BCUT2D eigenvalue weighted by atomic mass is 32.1. The minimum atomic E-state index is -0.515. The molecule has 132 valence electrons. The van der Waals surface area contributed by atoms with Crippen molar-refractivity contribution in [2.24, 2.45) is 0 Å². The molecule has 0 fully saturated rings. The Hall–Kier alpha value is -3.06. The average molecular weight is 367 g/mol. The summed E-state index contributed by atoms with van der Waals surface area (Å²) in [7, 11) is 0. The number of aryl methyl sites for hydroxylation is 1. The molecule has 2 aromatic carbocycles. The number of nitro benzene ring substituents is 1. The second-order valence-electron chi connectivity index (χ2n) is 5.83. The Kier molecular flexibility index (Phi) is 5.38. The lowest BCUT2D eigenvalue weighted by Crippen LogP contribution is -2.07. The molecule has 6 nitrogen and oxygen atoms in total. The van der Waals surface area contributed by atoms with Gasteiger partial charge in [-0.1, -0.05) is 29.8 Å². The van der Waals surface area contributed by atoms with Gasteiger partial charge in [0, 0.05) is 47.3 Å². The number of hydrogen-bond acceptors (Lipinski definition) is 6. The third kappa shape index (κ3) is 4.12. The molecule has 0 aliphatic heterocycles. The SMILES string of the molecule is Cc1ccc(-c2nc(CCNc3ccc([N+](=O)[O-])cc3C=O)cs2)cc1. The van der Waals surface area contributed by atoms with E-state index in [1.807, 2.05) is 5.38 Å². The molecule has 0 aliphatic rings. The van der Waals surface area contributed by atoms with Crippen molar-refractivity contribution in [3.8, 4) is 10.6 Å². The zero-order valence-corrected chi connectivity index (χ0v) is 15.0. The van der Waals surface area contributed by atoms with E-state index in [9.17, 15) is 14.9 Å². The molecule has 0 radical (unpaired) electrons. The van der Waals surface area contributed by atoms with Crippen molar-refractivity contribution in [3.05, 3.63) is 74.8 Å². The molecule has 0 aliphatic carbocycles. The van der Waals surface area contributed by atoms with Crippen LogP contribution in [-0.4, -0.2) is 22.7 Å². The Morgan fingerprint density at radius 2 is 2.00 bits per heavy atom. The summed E-state index contributed by atoms with van der Waals surface area (Å²) in [4.78, 5) is 26.1. The van der Waals surface area contributed by atoms with Crippen molar-refractivity contribution in [3.63, 3.8) is 0 Å². The number of anilines is 1. The maximum Gasteiger partial charge on any atom is 0.270 e. The Bertz CT molecular complexity index is 935. The van der Waals surface area contributed by atoms with Gasteiger partial charge in [0.25, 0.3) is 5.69 Å². The predicted octanol–water partition coefficient (Wildman–Crippen LogP) is 4.49. The van der Waals surface area contributed by atoms with E-state index in [4.69, 9.17) is 0 Å². The van der Waals surface area contributed by atoms with Crippen molar-refractivity contribution < 1.29 is 9.72 Å². The fourth-order valence-corrected chi connectivity index (χ4v) is 3.36. The molecule has 0 amide bonds. The molecule has 0 saturated heterocycles. The predicted molar refractivity (Wildman–Crippen MR) is 103 cm³/mol. The summed E-state index contributed by atoms with van der Waals surface area (Å²) in [5.74, 6) is 0. The van der Waals surface area contributed by atoms with E-state index in [1.54, 1.807) is 17.4 Å². The van der Waals surface area contributed by atoms with Crippen molar-refractivity contribution in [2.45, 2.75) is 13.3 Å². The van der Waals surface area contributed by atoms with Crippen LogP contribution in [0.3, 0.4) is 0 Å². The third-order valence-corrected chi connectivity index (χ3v) is 4.86. The Balaban J connectivity index is 1.63. The molecule has 1 heterocycles. The molecule has 1 N–H and O–H groups in total. The Morgan fingerprint density at radius 1 is 1.23 bits per heavy atom. The molecule has 0 atom stereocenters. The molecule has 3 aromatic rings. The van der Waals surface area contributed by atoms with Crippen LogP contribution >= 0.6 is 11.3 Å². The number of nitrogens with one attached hydrogen (secondary N) is 1. The van der Waals surface area contributed by atoms with Gasteiger partial charge in [0.15, 0.2) is 6.29 Å². The molecule has 7 heteroatoms. The number of nitro groups is 1. The van der Waals surface area contributed by atoms with Crippen LogP contribution in [0.1, 0.15) is 21.6 Å². The first-order valence-corrected chi connectivity index (χ1v) is 8.94. The van der Waals surface area contributed by atoms with E-state index in [-0.39, 0.29) is 11.3 Å². The van der Waals surface area contributed by atoms with Crippen LogP contribution in [-0.2, 0) is 6.42 Å². The standard InChI is InChI=1S/C19H17N3O3S/c1-13-2-4-14(5-3-13)19-21-16(12-26-19)8-9-20-18-7-6-17(22(24)25)10-15(18)11-23/h2-7,10-12,20H,8-9H2,1H3. The van der Waals surface area contributed by atoms with Gasteiger partial charge in [0.2, 0.25) is 0 Å². The fraction of sp³-hybridized carbons (Fsp3) is 0.158. The minimum absolute atomic E-state index is 0.0973. The number of carbonyl (C=O) groups excluding carboxylic acids is 1. The van der Waals surface area contributed by atoms with E-state index in [1.165, 1.54) is 17.7 Å². The summed E-state index contributed by atoms with van der Waals surface area (Å²) >= 11 is 1.60.